The molecular weight excluding hydrogens is 420 g/mol. The van der Waals surface area contributed by atoms with Gasteiger partial charge in [-0.15, -0.1) is 0 Å². The Hall–Kier alpha value is -4.19. The van der Waals surface area contributed by atoms with Crippen LogP contribution in [0.25, 0.3) is 21.9 Å². The number of hydrogen-bond donors (Lipinski definition) is 3. The summed E-state index contributed by atoms with van der Waals surface area (Å²) < 4.78 is 0. The predicted octanol–water partition coefficient (Wildman–Crippen LogP) is 4.59. The monoisotopic (exact) mass is 446 g/mol. The molecule has 0 spiro atoms. The number of hydrogen-bond acceptors (Lipinski definition) is 5. The fraction of sp³-hybridized carbons (Fsp3) is 0.292. The predicted molar refractivity (Wildman–Crippen MR) is 126 cm³/mol. The van der Waals surface area contributed by atoms with Gasteiger partial charge in [0, 0.05) is 29.9 Å². The molecule has 2 aromatic heterocycles. The maximum atomic E-state index is 12.0. The lowest BCUT2D eigenvalue weighted by Gasteiger charge is -2.33. The lowest BCUT2D eigenvalue weighted by molar-refractivity contribution is 0.0958. The van der Waals surface area contributed by atoms with E-state index in [0.717, 1.165) is 27.5 Å². The molecule has 3 amide bonds. The van der Waals surface area contributed by atoms with Crippen LogP contribution in [0.15, 0.2) is 42.7 Å². The van der Waals surface area contributed by atoms with Crippen LogP contribution in [0.5, 0.6) is 0 Å². The molecule has 0 atom stereocenters. The fourth-order valence-electron chi connectivity index (χ4n) is 3.50. The van der Waals surface area contributed by atoms with Gasteiger partial charge in [0.15, 0.2) is 0 Å². The number of urea groups is 1. The van der Waals surface area contributed by atoms with Crippen LogP contribution in [0.1, 0.15) is 39.0 Å². The van der Waals surface area contributed by atoms with Crippen molar-refractivity contribution in [2.24, 2.45) is 0 Å². The molecule has 2 heterocycles. The Kier molecular flexibility index (Phi) is 6.78. The lowest BCUT2D eigenvalue weighted by Crippen LogP contribution is -2.44. The van der Waals surface area contributed by atoms with Crippen molar-refractivity contribution < 1.29 is 14.7 Å². The number of aromatic nitrogens is 2. The molecule has 33 heavy (non-hydrogen) atoms. The number of fused-ring (bicyclic) bond motifs is 1. The largest absolute Gasteiger partial charge is 0.465 e. The number of benzene rings is 1. The molecule has 0 aliphatic heterocycles. The number of nitrogens with zero attached hydrogens (tertiary/aromatic N) is 4. The smallest absolute Gasteiger partial charge is 0.408 e. The first-order chi connectivity index (χ1) is 15.6. The van der Waals surface area contributed by atoms with Gasteiger partial charge in [0.05, 0.1) is 6.54 Å². The number of nitriles is 1. The third kappa shape index (κ3) is 5.36. The molecule has 0 bridgehead atoms. The van der Waals surface area contributed by atoms with Gasteiger partial charge >= 0.3 is 12.1 Å². The highest BCUT2D eigenvalue weighted by atomic mass is 16.4. The number of carbonyl (C=O) groups is 2. The van der Waals surface area contributed by atoms with Crippen molar-refractivity contribution in [3.63, 3.8) is 0 Å². The van der Waals surface area contributed by atoms with Gasteiger partial charge in [-0.25, -0.2) is 19.6 Å². The van der Waals surface area contributed by atoms with Crippen LogP contribution < -0.4 is 10.6 Å². The van der Waals surface area contributed by atoms with Crippen molar-refractivity contribution in [1.29, 1.82) is 5.26 Å². The quantitative estimate of drug-likeness (QED) is 0.525. The minimum Gasteiger partial charge on any atom is -0.465 e. The zero-order chi connectivity index (χ0) is 24.2. The molecule has 170 valence electrons. The van der Waals surface area contributed by atoms with E-state index in [9.17, 15) is 20.0 Å². The van der Waals surface area contributed by atoms with Gasteiger partial charge in [0.1, 0.15) is 17.6 Å². The molecule has 3 rings (SSSR count). The highest BCUT2D eigenvalue weighted by Gasteiger charge is 2.27. The van der Waals surface area contributed by atoms with Gasteiger partial charge in [0.2, 0.25) is 0 Å². The Morgan fingerprint density at radius 2 is 1.91 bits per heavy atom. The molecule has 0 radical (unpaired) electrons. The van der Waals surface area contributed by atoms with Crippen molar-refractivity contribution in [3.05, 3.63) is 54.0 Å². The van der Waals surface area contributed by atoms with Crippen LogP contribution in [0.4, 0.5) is 15.4 Å². The zero-order valence-electron chi connectivity index (χ0n) is 19.0. The van der Waals surface area contributed by atoms with E-state index in [0.29, 0.717) is 12.4 Å². The minimum absolute atomic E-state index is 0.167. The Morgan fingerprint density at radius 3 is 2.55 bits per heavy atom. The number of nitrogens with one attached hydrogen (secondary N) is 2. The van der Waals surface area contributed by atoms with Crippen molar-refractivity contribution in [2.75, 3.05) is 11.9 Å². The molecular formula is C24H26N6O3. The Bertz CT molecular complexity index is 1240. The summed E-state index contributed by atoms with van der Waals surface area (Å²) in [7, 11) is 0. The summed E-state index contributed by atoms with van der Waals surface area (Å²) in [5, 5.41) is 25.9. The maximum Gasteiger partial charge on any atom is 0.408 e. The number of rotatable bonds is 5. The van der Waals surface area contributed by atoms with Gasteiger partial charge in [0.25, 0.3) is 0 Å². The maximum absolute atomic E-state index is 12.0. The van der Waals surface area contributed by atoms with E-state index in [-0.39, 0.29) is 18.3 Å². The highest BCUT2D eigenvalue weighted by molar-refractivity contribution is 6.01. The molecule has 3 N–H and O–H groups in total. The molecule has 9 nitrogen and oxygen atoms in total. The second-order valence-corrected chi connectivity index (χ2v) is 8.45. The molecule has 9 heteroatoms. The van der Waals surface area contributed by atoms with Crippen molar-refractivity contribution in [2.45, 2.75) is 39.8 Å². The molecule has 0 unspecified atom stereocenters. The average Bonchev–Trinajstić information content (AvgIpc) is 2.76. The van der Waals surface area contributed by atoms with Crippen LogP contribution >= 0.6 is 0 Å². The Balaban J connectivity index is 2.18. The number of anilines is 1. The summed E-state index contributed by atoms with van der Waals surface area (Å²) in [6.45, 7) is 7.97. The second kappa shape index (κ2) is 9.53. The minimum atomic E-state index is -1.02. The van der Waals surface area contributed by atoms with E-state index in [1.807, 2.05) is 45.9 Å². The normalized spacial score (nSPS) is 11.0. The molecule has 0 saturated carbocycles. The summed E-state index contributed by atoms with van der Waals surface area (Å²) in [4.78, 5) is 33.7. The topological polar surface area (TPSA) is 131 Å². The van der Waals surface area contributed by atoms with Crippen LogP contribution in [0.2, 0.25) is 0 Å². The van der Waals surface area contributed by atoms with Gasteiger partial charge in [-0.3, -0.25) is 10.2 Å². The van der Waals surface area contributed by atoms with Crippen molar-refractivity contribution in [3.8, 4) is 17.2 Å². The molecule has 1 aromatic carbocycles. The first-order valence-electron chi connectivity index (χ1n) is 10.5. The highest BCUT2D eigenvalue weighted by Crippen LogP contribution is 2.33. The first kappa shape index (κ1) is 23.5. The van der Waals surface area contributed by atoms with E-state index in [4.69, 9.17) is 0 Å². The third-order valence-electron chi connectivity index (χ3n) is 5.12. The van der Waals surface area contributed by atoms with E-state index >= 15 is 0 Å². The van der Waals surface area contributed by atoms with Gasteiger partial charge in [-0.1, -0.05) is 12.1 Å². The zero-order valence-corrected chi connectivity index (χ0v) is 19.0. The van der Waals surface area contributed by atoms with Gasteiger partial charge < -0.3 is 10.4 Å². The standard InChI is InChI=1S/C24H26N6O3/c1-5-26-22(31)29-21-11-19-18(15-8-9-27-17(10-15)12-25)7-6-16(20(19)13-28-21)14-30(23(32)33)24(2,3)4/h6-11,13H,5,14H2,1-4H3,(H,32,33)(H2,26,28,29,31). The Morgan fingerprint density at radius 1 is 1.15 bits per heavy atom. The number of pyridine rings is 2. The van der Waals surface area contributed by atoms with E-state index in [2.05, 4.69) is 20.6 Å². The van der Waals surface area contributed by atoms with Crippen molar-refractivity contribution in [1.82, 2.24) is 20.2 Å². The van der Waals surface area contributed by atoms with Crippen LogP contribution in [0, 0.1) is 11.3 Å². The average molecular weight is 447 g/mol. The third-order valence-corrected chi connectivity index (χ3v) is 5.12. The van der Waals surface area contributed by atoms with Crippen molar-refractivity contribution >= 4 is 28.7 Å². The molecule has 3 aromatic rings. The SMILES string of the molecule is CCNC(=O)Nc1cc2c(-c3ccnc(C#N)c3)ccc(CN(C(=O)O)C(C)(C)C)c2cn1. The molecule has 0 aliphatic rings. The summed E-state index contributed by atoms with van der Waals surface area (Å²) in [5.74, 6) is 0.354. The summed E-state index contributed by atoms with van der Waals surface area (Å²) in [6, 6.07) is 10.6. The van der Waals surface area contributed by atoms with Gasteiger partial charge in [-0.05, 0) is 68.0 Å². The van der Waals surface area contributed by atoms with E-state index in [1.54, 1.807) is 30.6 Å². The number of amides is 3. The fourth-order valence-corrected chi connectivity index (χ4v) is 3.50. The van der Waals surface area contributed by atoms with E-state index < -0.39 is 11.6 Å². The van der Waals surface area contributed by atoms with Crippen LogP contribution in [-0.4, -0.2) is 44.2 Å². The van der Waals surface area contributed by atoms with E-state index in [1.165, 1.54) is 4.90 Å². The van der Waals surface area contributed by atoms with Crippen LogP contribution in [-0.2, 0) is 6.54 Å². The number of carboxylic acid groups (broad SMARTS) is 1. The lowest BCUT2D eigenvalue weighted by atomic mass is 9.95. The summed E-state index contributed by atoms with van der Waals surface area (Å²) in [6.07, 6.45) is 2.18. The molecule has 0 fully saturated rings. The van der Waals surface area contributed by atoms with Crippen LogP contribution in [0.3, 0.4) is 0 Å². The first-order valence-corrected chi connectivity index (χ1v) is 10.5. The molecule has 0 saturated heterocycles. The number of carbonyl (C=O) groups excluding carboxylic acids is 1. The Labute approximate surface area is 192 Å². The summed E-state index contributed by atoms with van der Waals surface area (Å²) in [5.41, 5.74) is 2.05. The second-order valence-electron chi connectivity index (χ2n) is 8.45. The summed E-state index contributed by atoms with van der Waals surface area (Å²) >= 11 is 0. The molecule has 0 aliphatic carbocycles. The van der Waals surface area contributed by atoms with Gasteiger partial charge in [-0.2, -0.15) is 5.26 Å².